The van der Waals surface area contributed by atoms with Gasteiger partial charge in [-0.3, -0.25) is 9.62 Å². The third kappa shape index (κ3) is 8.45. The van der Waals surface area contributed by atoms with Gasteiger partial charge < -0.3 is 10.4 Å². The second-order valence-corrected chi connectivity index (χ2v) is 11.1. The number of hydrogen-bond acceptors (Lipinski definition) is 7. The number of benzene rings is 2. The van der Waals surface area contributed by atoms with Gasteiger partial charge in [-0.1, -0.05) is 41.9 Å². The standard InChI is InChI=1S/C20H18ClF3N4O2S2.C2HF3O2/c21-14-8-18(32(29,30)27-19-25-6-7-31-19)15(22)9-16(14)26-17(13-4-2-1-3-5-13)10-28-11-20(23,24)12-28;3-2(4,5)1(6)7/h1-9,17,26H,10-12H2,(H,25,27);(H,6,7)/t17-;/m1./s1. The van der Waals surface area contributed by atoms with E-state index in [1.54, 1.807) is 22.4 Å². The van der Waals surface area contributed by atoms with Crippen molar-refractivity contribution in [2.45, 2.75) is 23.0 Å². The van der Waals surface area contributed by atoms with Crippen molar-refractivity contribution < 1.29 is 44.7 Å². The van der Waals surface area contributed by atoms with Crippen LogP contribution in [0.1, 0.15) is 11.6 Å². The van der Waals surface area contributed by atoms with Crippen LogP contribution in [-0.2, 0) is 14.8 Å². The Morgan fingerprint density at radius 3 is 2.33 bits per heavy atom. The summed E-state index contributed by atoms with van der Waals surface area (Å²) < 4.78 is 100. The molecule has 3 N–H and O–H groups in total. The molecule has 0 amide bonds. The summed E-state index contributed by atoms with van der Waals surface area (Å²) in [6.45, 7) is -0.484. The Morgan fingerprint density at radius 2 is 1.82 bits per heavy atom. The summed E-state index contributed by atoms with van der Waals surface area (Å²) in [5.74, 6) is -6.48. The van der Waals surface area contributed by atoms with Gasteiger partial charge in [-0.25, -0.2) is 31.4 Å². The van der Waals surface area contributed by atoms with Crippen molar-refractivity contribution in [3.05, 3.63) is 70.4 Å². The van der Waals surface area contributed by atoms with E-state index in [4.69, 9.17) is 21.5 Å². The minimum Gasteiger partial charge on any atom is -0.475 e. The lowest BCUT2D eigenvalue weighted by Crippen LogP contribution is -2.57. The molecule has 0 bridgehead atoms. The molecule has 0 unspecified atom stereocenters. The molecule has 1 saturated heterocycles. The van der Waals surface area contributed by atoms with Crippen molar-refractivity contribution in [3.8, 4) is 0 Å². The van der Waals surface area contributed by atoms with Crippen LogP contribution >= 0.6 is 22.9 Å². The quantitative estimate of drug-likeness (QED) is 0.288. The number of carboxylic acid groups (broad SMARTS) is 1. The maximum Gasteiger partial charge on any atom is 0.490 e. The molecule has 39 heavy (non-hydrogen) atoms. The Labute approximate surface area is 227 Å². The fraction of sp³-hybridized carbons (Fsp3) is 0.273. The highest BCUT2D eigenvalue weighted by molar-refractivity contribution is 7.93. The van der Waals surface area contributed by atoms with E-state index >= 15 is 0 Å². The van der Waals surface area contributed by atoms with Gasteiger partial charge in [0.15, 0.2) is 5.13 Å². The number of aromatic nitrogens is 1. The normalized spacial score (nSPS) is 15.9. The highest BCUT2D eigenvalue weighted by Gasteiger charge is 2.44. The van der Waals surface area contributed by atoms with Crippen LogP contribution in [0.4, 0.5) is 37.2 Å². The molecule has 17 heteroatoms. The predicted octanol–water partition coefficient (Wildman–Crippen LogP) is 5.47. The van der Waals surface area contributed by atoms with Crippen LogP contribution in [0.2, 0.25) is 5.02 Å². The first kappa shape index (κ1) is 30.5. The largest absolute Gasteiger partial charge is 0.490 e. The van der Waals surface area contributed by atoms with Crippen LogP contribution in [0.3, 0.4) is 0 Å². The number of rotatable bonds is 8. The van der Waals surface area contributed by atoms with E-state index in [-0.39, 0.29) is 35.5 Å². The third-order valence-corrected chi connectivity index (χ3v) is 7.57. The monoisotopic (exact) mass is 616 g/mol. The zero-order valence-electron chi connectivity index (χ0n) is 19.4. The molecule has 0 radical (unpaired) electrons. The molecule has 0 aliphatic carbocycles. The topological polar surface area (TPSA) is 112 Å². The van der Waals surface area contributed by atoms with E-state index in [2.05, 4.69) is 15.0 Å². The number of nitrogens with one attached hydrogen (secondary N) is 2. The lowest BCUT2D eigenvalue weighted by Gasteiger charge is -2.41. The molecule has 2 heterocycles. The van der Waals surface area contributed by atoms with E-state index < -0.39 is 44.8 Å². The molecule has 1 fully saturated rings. The summed E-state index contributed by atoms with van der Waals surface area (Å²) in [5.41, 5.74) is 0.944. The fourth-order valence-corrected chi connectivity index (χ4v) is 5.55. The molecule has 1 aliphatic rings. The van der Waals surface area contributed by atoms with Crippen molar-refractivity contribution in [1.29, 1.82) is 0 Å². The fourth-order valence-electron chi connectivity index (χ4n) is 3.39. The highest BCUT2D eigenvalue weighted by Crippen LogP contribution is 2.34. The first-order valence-electron chi connectivity index (χ1n) is 10.7. The lowest BCUT2D eigenvalue weighted by atomic mass is 10.0. The molecule has 1 aromatic heterocycles. The van der Waals surface area contributed by atoms with Crippen LogP contribution in [0, 0.1) is 5.82 Å². The molecule has 1 atom stereocenters. The summed E-state index contributed by atoms with van der Waals surface area (Å²) in [6.07, 6.45) is -3.67. The number of alkyl halides is 5. The number of carbonyl (C=O) groups is 1. The van der Waals surface area contributed by atoms with Gasteiger partial charge in [0.2, 0.25) is 0 Å². The maximum atomic E-state index is 14.8. The lowest BCUT2D eigenvalue weighted by molar-refractivity contribution is -0.192. The number of aliphatic carboxylic acids is 1. The van der Waals surface area contributed by atoms with Gasteiger partial charge in [0.05, 0.1) is 29.8 Å². The van der Waals surface area contributed by atoms with Crippen molar-refractivity contribution in [2.24, 2.45) is 0 Å². The summed E-state index contributed by atoms with van der Waals surface area (Å²) in [7, 11) is -4.24. The number of hydrogen-bond donors (Lipinski definition) is 3. The number of sulfonamides is 1. The third-order valence-electron chi connectivity index (χ3n) is 5.09. The van der Waals surface area contributed by atoms with Gasteiger partial charge in [-0.05, 0) is 17.7 Å². The summed E-state index contributed by atoms with van der Waals surface area (Å²) in [6, 6.07) is 10.6. The second kappa shape index (κ2) is 12.0. The van der Waals surface area contributed by atoms with Crippen LogP contribution in [-0.4, -0.2) is 61.1 Å². The molecule has 1 aliphatic heterocycles. The number of anilines is 2. The minimum atomic E-state index is -5.08. The molecule has 4 rings (SSSR count). The average molecular weight is 617 g/mol. The summed E-state index contributed by atoms with van der Waals surface area (Å²) in [5, 5.41) is 11.8. The number of likely N-dealkylation sites (tertiary alicyclic amines) is 1. The van der Waals surface area contributed by atoms with E-state index in [0.29, 0.717) is 0 Å². The van der Waals surface area contributed by atoms with Crippen molar-refractivity contribution in [2.75, 3.05) is 29.7 Å². The molecular formula is C22H19ClF6N4O4S2. The zero-order valence-corrected chi connectivity index (χ0v) is 21.8. The maximum absolute atomic E-state index is 14.8. The Balaban J connectivity index is 0.000000532. The van der Waals surface area contributed by atoms with Gasteiger partial charge in [0.1, 0.15) is 10.7 Å². The molecule has 0 saturated carbocycles. The molecule has 212 valence electrons. The van der Waals surface area contributed by atoms with E-state index in [0.717, 1.165) is 29.0 Å². The van der Waals surface area contributed by atoms with Gasteiger partial charge in [-0.2, -0.15) is 13.2 Å². The van der Waals surface area contributed by atoms with Gasteiger partial charge in [0.25, 0.3) is 15.9 Å². The summed E-state index contributed by atoms with van der Waals surface area (Å²) in [4.78, 5) is 13.7. The van der Waals surface area contributed by atoms with Gasteiger partial charge >= 0.3 is 12.1 Å². The molecular weight excluding hydrogens is 598 g/mol. The Morgan fingerprint density at radius 1 is 1.21 bits per heavy atom. The van der Waals surface area contributed by atoms with Crippen LogP contribution < -0.4 is 10.0 Å². The molecule has 0 spiro atoms. The number of carboxylic acids is 1. The number of nitrogens with zero attached hydrogens (tertiary/aromatic N) is 2. The SMILES string of the molecule is O=C(O)C(F)(F)F.O=S(=O)(Nc1nccs1)c1cc(Cl)c(N[C@H](CN2CC(F)(F)C2)c2ccccc2)cc1F. The molecule has 2 aromatic carbocycles. The van der Waals surface area contributed by atoms with Crippen LogP contribution in [0.25, 0.3) is 0 Å². The van der Waals surface area contributed by atoms with Crippen LogP contribution in [0.5, 0.6) is 0 Å². The van der Waals surface area contributed by atoms with E-state index in [1.807, 2.05) is 18.2 Å². The average Bonchev–Trinajstić information content (AvgIpc) is 3.32. The Hall–Kier alpha value is -3.08. The second-order valence-electron chi connectivity index (χ2n) is 8.14. The van der Waals surface area contributed by atoms with E-state index in [9.17, 15) is 34.8 Å². The molecule has 8 nitrogen and oxygen atoms in total. The first-order chi connectivity index (χ1) is 18.1. The predicted molar refractivity (Wildman–Crippen MR) is 132 cm³/mol. The smallest absolute Gasteiger partial charge is 0.475 e. The van der Waals surface area contributed by atoms with Crippen molar-refractivity contribution in [1.82, 2.24) is 9.88 Å². The number of halogens is 7. The van der Waals surface area contributed by atoms with Crippen LogP contribution in [0.15, 0.2) is 58.9 Å². The number of thiazole rings is 1. The van der Waals surface area contributed by atoms with E-state index in [1.165, 1.54) is 6.20 Å². The highest BCUT2D eigenvalue weighted by atomic mass is 35.5. The minimum absolute atomic E-state index is 0.0271. The Kier molecular flexibility index (Phi) is 9.35. The van der Waals surface area contributed by atoms with Crippen molar-refractivity contribution >= 4 is 49.7 Å². The summed E-state index contributed by atoms with van der Waals surface area (Å²) >= 11 is 7.33. The van der Waals surface area contributed by atoms with Crippen molar-refractivity contribution in [3.63, 3.8) is 0 Å². The Bertz CT molecular complexity index is 1390. The van der Waals surface area contributed by atoms with Gasteiger partial charge in [0, 0.05) is 18.1 Å². The first-order valence-corrected chi connectivity index (χ1v) is 13.4. The molecule has 3 aromatic rings. The zero-order chi connectivity index (χ0) is 29.0. The van der Waals surface area contributed by atoms with Gasteiger partial charge in [-0.15, -0.1) is 11.3 Å².